The molecule has 4 nitrogen and oxygen atoms in total. The van der Waals surface area contributed by atoms with Gasteiger partial charge in [-0.15, -0.1) is 0 Å². The Morgan fingerprint density at radius 1 is 1.29 bits per heavy atom. The van der Waals surface area contributed by atoms with E-state index in [1.165, 1.54) is 11.8 Å². The maximum absolute atomic E-state index is 12.3. The normalized spacial score (nSPS) is 18.2. The number of allylic oxidation sites excluding steroid dienone is 7. The molecule has 1 aliphatic heterocycles. The zero-order valence-corrected chi connectivity index (χ0v) is 17.7. The third-order valence-corrected chi connectivity index (χ3v) is 4.60. The second-order valence-electron chi connectivity index (χ2n) is 6.81. The molecule has 0 aliphatic carbocycles. The summed E-state index contributed by atoms with van der Waals surface area (Å²) in [6.45, 7) is 10.9. The number of hydrogen-bond donors (Lipinski definition) is 1. The minimum Gasteiger partial charge on any atom is -0.378 e. The molecule has 1 heterocycles. The van der Waals surface area contributed by atoms with Crippen LogP contribution >= 0.6 is 0 Å². The average molecular weight is 391 g/mol. The van der Waals surface area contributed by atoms with Crippen LogP contribution in [0.4, 0.5) is 4.39 Å². The monoisotopic (exact) mass is 390 g/mol. The molecule has 1 aliphatic rings. The number of amides is 1. The number of rotatable bonds is 10. The Balaban J connectivity index is 2.69. The van der Waals surface area contributed by atoms with E-state index >= 15 is 0 Å². The maximum Gasteiger partial charge on any atom is 0.244 e. The SMILES string of the molecule is C/C=C(\C=C(/C)N1CCOCC1)C(C)NC(=O)/C=C/C(=C/C=C\CF)CCC. The van der Waals surface area contributed by atoms with Crippen molar-refractivity contribution in [1.29, 1.82) is 0 Å². The van der Waals surface area contributed by atoms with Gasteiger partial charge in [0, 0.05) is 24.9 Å². The molecule has 5 heteroatoms. The number of halogens is 1. The fraction of sp³-hybridized carbons (Fsp3) is 0.522. The molecule has 28 heavy (non-hydrogen) atoms. The quantitative estimate of drug-likeness (QED) is 0.442. The molecule has 0 radical (unpaired) electrons. The molecule has 1 amide bonds. The van der Waals surface area contributed by atoms with E-state index in [1.54, 1.807) is 18.2 Å². The number of carbonyl (C=O) groups excluding carboxylic acids is 1. The third-order valence-electron chi connectivity index (χ3n) is 4.60. The predicted octanol–water partition coefficient (Wildman–Crippen LogP) is 4.48. The molecule has 156 valence electrons. The summed E-state index contributed by atoms with van der Waals surface area (Å²) in [5.41, 5.74) is 3.26. The van der Waals surface area contributed by atoms with E-state index in [1.807, 2.05) is 26.0 Å². The first-order chi connectivity index (χ1) is 13.5. The number of morpholine rings is 1. The molecule has 1 fully saturated rings. The Morgan fingerprint density at radius 3 is 2.61 bits per heavy atom. The van der Waals surface area contributed by atoms with Crippen molar-refractivity contribution in [3.63, 3.8) is 0 Å². The van der Waals surface area contributed by atoms with Gasteiger partial charge in [0.25, 0.3) is 0 Å². The van der Waals surface area contributed by atoms with Crippen LogP contribution in [-0.4, -0.2) is 49.8 Å². The van der Waals surface area contributed by atoms with Gasteiger partial charge in [0.2, 0.25) is 5.91 Å². The lowest BCUT2D eigenvalue weighted by Gasteiger charge is -2.30. The van der Waals surface area contributed by atoms with Crippen LogP contribution in [0.15, 0.2) is 59.4 Å². The van der Waals surface area contributed by atoms with Crippen molar-refractivity contribution in [3.05, 3.63) is 59.4 Å². The zero-order chi connectivity index (χ0) is 20.8. The van der Waals surface area contributed by atoms with Crippen molar-refractivity contribution in [2.75, 3.05) is 33.0 Å². The zero-order valence-electron chi connectivity index (χ0n) is 17.7. The van der Waals surface area contributed by atoms with Crippen molar-refractivity contribution >= 4 is 5.91 Å². The number of carbonyl (C=O) groups is 1. The van der Waals surface area contributed by atoms with Gasteiger partial charge in [-0.25, -0.2) is 4.39 Å². The van der Waals surface area contributed by atoms with Crippen LogP contribution in [0.25, 0.3) is 0 Å². The summed E-state index contributed by atoms with van der Waals surface area (Å²) in [5, 5.41) is 3.02. The lowest BCUT2D eigenvalue weighted by molar-refractivity contribution is -0.116. The Bertz CT molecular complexity index is 627. The molecule has 0 aromatic heterocycles. The van der Waals surface area contributed by atoms with Crippen molar-refractivity contribution in [2.45, 2.75) is 46.6 Å². The third kappa shape index (κ3) is 9.18. The Labute approximate surface area is 169 Å². The molecule has 1 rings (SSSR count). The van der Waals surface area contributed by atoms with Gasteiger partial charge in [0.15, 0.2) is 0 Å². The van der Waals surface area contributed by atoms with Crippen LogP contribution < -0.4 is 5.32 Å². The fourth-order valence-corrected chi connectivity index (χ4v) is 2.99. The van der Waals surface area contributed by atoms with E-state index in [0.717, 1.165) is 50.3 Å². The van der Waals surface area contributed by atoms with E-state index in [9.17, 15) is 9.18 Å². The van der Waals surface area contributed by atoms with Crippen LogP contribution in [0.2, 0.25) is 0 Å². The molecule has 0 aromatic carbocycles. The van der Waals surface area contributed by atoms with Crippen LogP contribution in [0, 0.1) is 0 Å². The van der Waals surface area contributed by atoms with Gasteiger partial charge in [0.1, 0.15) is 6.67 Å². The first kappa shape index (κ1) is 23.9. The molecule has 0 spiro atoms. The summed E-state index contributed by atoms with van der Waals surface area (Å²) < 4.78 is 17.6. The smallest absolute Gasteiger partial charge is 0.244 e. The molecule has 1 atom stereocenters. The first-order valence-corrected chi connectivity index (χ1v) is 10.1. The topological polar surface area (TPSA) is 41.6 Å². The van der Waals surface area contributed by atoms with Gasteiger partial charge in [-0.2, -0.15) is 0 Å². The maximum atomic E-state index is 12.3. The second-order valence-corrected chi connectivity index (χ2v) is 6.81. The molecular formula is C23H35FN2O2. The highest BCUT2D eigenvalue weighted by Crippen LogP contribution is 2.13. The molecule has 0 saturated carbocycles. The van der Waals surface area contributed by atoms with E-state index < -0.39 is 6.67 Å². The van der Waals surface area contributed by atoms with E-state index in [4.69, 9.17) is 4.74 Å². The fourth-order valence-electron chi connectivity index (χ4n) is 2.99. The second kappa shape index (κ2) is 13.9. The molecule has 0 aromatic rings. The van der Waals surface area contributed by atoms with Gasteiger partial charge in [0.05, 0.1) is 19.3 Å². The van der Waals surface area contributed by atoms with Crippen molar-refractivity contribution < 1.29 is 13.9 Å². The molecule has 0 bridgehead atoms. The number of ether oxygens (including phenoxy) is 1. The number of nitrogens with one attached hydrogen (secondary N) is 1. The van der Waals surface area contributed by atoms with Crippen molar-refractivity contribution in [3.8, 4) is 0 Å². The van der Waals surface area contributed by atoms with Gasteiger partial charge in [-0.05, 0) is 44.4 Å². The first-order valence-electron chi connectivity index (χ1n) is 10.1. The minimum absolute atomic E-state index is 0.0943. The molecular weight excluding hydrogens is 355 g/mol. The minimum atomic E-state index is -0.485. The van der Waals surface area contributed by atoms with Crippen LogP contribution in [0.1, 0.15) is 40.5 Å². The summed E-state index contributed by atoms with van der Waals surface area (Å²) in [7, 11) is 0. The van der Waals surface area contributed by atoms with E-state index in [0.29, 0.717) is 0 Å². The highest BCUT2D eigenvalue weighted by atomic mass is 19.1. The highest BCUT2D eigenvalue weighted by molar-refractivity contribution is 5.88. The van der Waals surface area contributed by atoms with Crippen LogP contribution in [0.3, 0.4) is 0 Å². The molecule has 1 saturated heterocycles. The summed E-state index contributed by atoms with van der Waals surface area (Å²) in [5.74, 6) is -0.138. The highest BCUT2D eigenvalue weighted by Gasteiger charge is 2.13. The van der Waals surface area contributed by atoms with Crippen LogP contribution in [-0.2, 0) is 9.53 Å². The Kier molecular flexibility index (Phi) is 11.9. The summed E-state index contributed by atoms with van der Waals surface area (Å²) in [6, 6.07) is -0.0943. The molecule has 1 unspecified atom stereocenters. The summed E-state index contributed by atoms with van der Waals surface area (Å²) in [4.78, 5) is 14.6. The van der Waals surface area contributed by atoms with E-state index in [2.05, 4.69) is 30.1 Å². The number of hydrogen-bond acceptors (Lipinski definition) is 3. The van der Waals surface area contributed by atoms with Gasteiger partial charge in [-0.1, -0.05) is 43.7 Å². The lowest BCUT2D eigenvalue weighted by Crippen LogP contribution is -2.36. The van der Waals surface area contributed by atoms with Gasteiger partial charge < -0.3 is 15.0 Å². The Hall–Kier alpha value is -2.14. The van der Waals surface area contributed by atoms with E-state index in [-0.39, 0.29) is 11.9 Å². The number of alkyl halides is 1. The predicted molar refractivity (Wildman–Crippen MR) is 115 cm³/mol. The van der Waals surface area contributed by atoms with Gasteiger partial charge in [-0.3, -0.25) is 4.79 Å². The van der Waals surface area contributed by atoms with Gasteiger partial charge >= 0.3 is 0 Å². The average Bonchev–Trinajstić information content (AvgIpc) is 2.70. The largest absolute Gasteiger partial charge is 0.378 e. The molecule has 1 N–H and O–H groups in total. The summed E-state index contributed by atoms with van der Waals surface area (Å²) >= 11 is 0. The number of nitrogens with zero attached hydrogens (tertiary/aromatic N) is 1. The lowest BCUT2D eigenvalue weighted by atomic mass is 10.1. The van der Waals surface area contributed by atoms with Crippen molar-refractivity contribution in [1.82, 2.24) is 10.2 Å². The van der Waals surface area contributed by atoms with Crippen molar-refractivity contribution in [2.24, 2.45) is 0 Å². The standard InChI is InChI=1S/C23H35FN2O2/c1-5-9-21(10-7-8-13-24)11-12-23(27)25-20(4)22(6-2)18-19(3)26-14-16-28-17-15-26/h6-8,10-12,18,20H,5,9,13-17H2,1-4H3,(H,25,27)/b8-7-,12-11+,19-18+,21-10+,22-6+. The Morgan fingerprint density at radius 2 is 2.00 bits per heavy atom. The summed E-state index contributed by atoms with van der Waals surface area (Å²) in [6.07, 6.45) is 14.3. The van der Waals surface area contributed by atoms with Crippen LogP contribution in [0.5, 0.6) is 0 Å².